The minimum absolute atomic E-state index is 0.00185. The van der Waals surface area contributed by atoms with Crippen LogP contribution in [0.3, 0.4) is 0 Å². The number of ketones is 5. The Hall–Kier alpha value is -8.84. The maximum absolute atomic E-state index is 13.8. The fraction of sp³-hybridized carbons (Fsp3) is 0.615. The van der Waals surface area contributed by atoms with Crippen LogP contribution in [0.5, 0.6) is 0 Å². The normalized spacial score (nSPS) is 21.0. The molecule has 10 atom stereocenters. The van der Waals surface area contributed by atoms with E-state index in [1.807, 2.05) is 55.4 Å². The number of benzene rings is 5. The van der Waals surface area contributed by atoms with Crippen molar-refractivity contribution in [2.24, 2.45) is 50.7 Å². The highest BCUT2D eigenvalue weighted by Crippen LogP contribution is 2.48. The zero-order chi connectivity index (χ0) is 106. The summed E-state index contributed by atoms with van der Waals surface area (Å²) in [5, 5.41) is 0. The summed E-state index contributed by atoms with van der Waals surface area (Å²) in [6.45, 7) is 26.0. The molecule has 0 bridgehead atoms. The van der Waals surface area contributed by atoms with Crippen LogP contribution in [-0.2, 0) is 157 Å². The van der Waals surface area contributed by atoms with Crippen molar-refractivity contribution in [3.63, 3.8) is 0 Å². The molecule has 5 saturated carbocycles. The second-order valence-corrected chi connectivity index (χ2v) is 48.2. The summed E-state index contributed by atoms with van der Waals surface area (Å²) in [6, 6.07) is 30.2. The number of rotatable bonds is 39. The summed E-state index contributed by atoms with van der Waals surface area (Å²) in [6.07, 6.45) is 18.6. The third-order valence-corrected chi connectivity index (χ3v) is 35.3. The zero-order valence-electron chi connectivity index (χ0n) is 85.3. The van der Waals surface area contributed by atoms with E-state index in [9.17, 15) is 94.4 Å². The standard InChI is InChI=1S/C26H38O6S.C23H34O6S.C20H28O6S.C19H24O7S.C16H19FO8S/c1-20(27)26(22-15-9-5-10-16-22,19-31-33(29,30)23-17-11-6-12-18-23)24(28)32-25(2,3)21-13-7-4-8-14-21;1-16-12-14-20(15-13-16)30(26,27)29-18(3)23(6,17(2)24)21(25)28-22(4,5)19-10-8-7-9-11-19;1-5-20(12-6-7-13-20)26-18(22)19(4,16(3)21)14-25-27(23,24)17-10-8-15(2)9-11-17;1-12-4-7-15(8-5-12)27(22,23)24-11-19(3,13(2)20)18(21)26-17-9-6-14-10-16(14)25-17;1-11(18)16(2,15(19)25-14-9-22-7-8-23-14)10-24-26(20,21)13-5-3-12(17)4-6-13/h6,11-12,17-18,21-22H,4-5,7-10,13-16,19H2,1-3H3;12-15,18-19H,7-11H2,1-6H3;8-11H,5-7,12-14H2,1-4H3;4-5,7-8,14,16-17H,6,9-11H2,1-3H3;3-6,14H,7-10H2,1-2H3. The lowest BCUT2D eigenvalue weighted by atomic mass is 9.66. The average Bonchev–Trinajstić information content (AvgIpc) is 1.74. The van der Waals surface area contributed by atoms with Crippen LogP contribution < -0.4 is 0 Å². The molecule has 2 saturated heterocycles. The lowest BCUT2D eigenvalue weighted by Crippen LogP contribution is -2.53. The van der Waals surface area contributed by atoms with Crippen molar-refractivity contribution in [2.75, 3.05) is 46.2 Å². The van der Waals surface area contributed by atoms with Crippen LogP contribution in [0.4, 0.5) is 4.39 Å². The maximum Gasteiger partial charge on any atom is 0.324 e. The Kier molecular flexibility index (Phi) is 42.3. The highest BCUT2D eigenvalue weighted by Gasteiger charge is 2.57. The Morgan fingerprint density at radius 1 is 0.399 bits per heavy atom. The van der Waals surface area contributed by atoms with Gasteiger partial charge in [0, 0.05) is 6.42 Å². The van der Waals surface area contributed by atoms with Crippen LogP contribution in [0.25, 0.3) is 0 Å². The van der Waals surface area contributed by atoms with Crippen LogP contribution in [0.2, 0.25) is 0 Å². The first-order valence-electron chi connectivity index (χ1n) is 48.8. The van der Waals surface area contributed by atoms with Gasteiger partial charge in [-0.05, 0) is 298 Å². The van der Waals surface area contributed by atoms with E-state index in [0.29, 0.717) is 38.2 Å². The van der Waals surface area contributed by atoms with Gasteiger partial charge in [0.1, 0.15) is 74.4 Å². The summed E-state index contributed by atoms with van der Waals surface area (Å²) >= 11 is 0. The van der Waals surface area contributed by atoms with Gasteiger partial charge in [-0.15, -0.1) is 0 Å². The minimum Gasteiger partial charge on any atom is -0.459 e. The van der Waals surface area contributed by atoms with Gasteiger partial charge in [-0.2, -0.15) is 42.1 Å². The summed E-state index contributed by atoms with van der Waals surface area (Å²) in [5.41, 5.74) is -7.98. The van der Waals surface area contributed by atoms with Gasteiger partial charge in [0.2, 0.25) is 12.6 Å². The van der Waals surface area contributed by atoms with Crippen molar-refractivity contribution in [2.45, 2.75) is 338 Å². The number of ether oxygens (including phenoxy) is 8. The number of fused-ring (bicyclic) bond motifs is 1. The van der Waals surface area contributed by atoms with E-state index in [0.717, 1.165) is 157 Å². The van der Waals surface area contributed by atoms with E-state index in [-0.39, 0.29) is 67.3 Å². The number of aryl methyl sites for hydroxylation is 3. The maximum atomic E-state index is 13.8. The number of hydrogen-bond acceptors (Lipinski definition) is 33. The molecule has 2 aliphatic heterocycles. The molecule has 0 amide bonds. The quantitative estimate of drug-likeness (QED) is 0.0153. The van der Waals surface area contributed by atoms with Gasteiger partial charge < -0.3 is 37.9 Å². The van der Waals surface area contributed by atoms with Crippen molar-refractivity contribution in [1.82, 2.24) is 0 Å². The smallest absolute Gasteiger partial charge is 0.324 e. The molecule has 7 fully saturated rings. The highest BCUT2D eigenvalue weighted by molar-refractivity contribution is 7.87. The molecule has 0 radical (unpaired) electrons. The van der Waals surface area contributed by atoms with Crippen molar-refractivity contribution < 1.29 is 153 Å². The fourth-order valence-electron chi connectivity index (χ4n) is 17.4. The Bertz CT molecular complexity index is 5810. The molecule has 794 valence electrons. The van der Waals surface area contributed by atoms with Gasteiger partial charge in [0.25, 0.3) is 50.6 Å². The zero-order valence-corrected chi connectivity index (χ0v) is 89.4. The first-order valence-corrected chi connectivity index (χ1v) is 55.8. The van der Waals surface area contributed by atoms with Crippen LogP contribution in [0.15, 0.2) is 152 Å². The molecule has 7 aliphatic rings. The molecule has 33 nitrogen and oxygen atoms in total. The number of carbonyl (C=O) groups excluding carboxylic acids is 10. The molecular weight excluding hydrogens is 1960 g/mol. The molecule has 0 aromatic heterocycles. The SMILES string of the molecule is CC(=O)C(C)(C(=O)OC(C)(C)C1CCCCC1)C(C)OS(=O)(=O)c1ccc(C)cc1.CC(=O)C(C)(COS(=O)(=O)c1ccc(C)cc1)C(=O)OC1CCC2CC2O1.CC(=O)C(C)(COS(=O)(=O)c1ccc(F)cc1)C(=O)OC1COCCO1.CC(=O)C(COS(=O)(=O)c1ccccc1)(C(=O)OC(C)(C)C1CCCCC1)C1CCCCC1.CCC1(OC(=O)C(C)(COS(=O)(=O)c2ccc(C)cc2)C(C)=O)CCCC1. The van der Waals surface area contributed by atoms with E-state index < -0.39 is 198 Å². The highest BCUT2D eigenvalue weighted by atomic mass is 32.2. The van der Waals surface area contributed by atoms with Gasteiger partial charge >= 0.3 is 29.8 Å². The Morgan fingerprint density at radius 2 is 0.762 bits per heavy atom. The number of Topliss-reactive ketones (excluding diaryl/α,β-unsaturated/α-hetero) is 5. The van der Waals surface area contributed by atoms with E-state index in [1.165, 1.54) is 124 Å². The first kappa shape index (κ1) is 119. The van der Waals surface area contributed by atoms with E-state index >= 15 is 0 Å². The molecule has 0 N–H and O–H groups in total. The molecule has 5 aliphatic carbocycles. The monoisotopic (exact) mass is 2100 g/mol. The van der Waals surface area contributed by atoms with Crippen LogP contribution in [0.1, 0.15) is 268 Å². The number of hydrogen-bond donors (Lipinski definition) is 0. The number of esters is 5. The summed E-state index contributed by atoms with van der Waals surface area (Å²) in [7, 11) is -20.8. The molecule has 10 unspecified atom stereocenters. The molecule has 143 heavy (non-hydrogen) atoms. The van der Waals surface area contributed by atoms with Crippen LogP contribution in [-0.4, -0.2) is 189 Å². The second-order valence-electron chi connectivity index (χ2n) is 40.2. The van der Waals surface area contributed by atoms with Crippen molar-refractivity contribution in [1.29, 1.82) is 0 Å². The predicted molar refractivity (Wildman–Crippen MR) is 521 cm³/mol. The minimum atomic E-state index is -4.29. The summed E-state index contributed by atoms with van der Waals surface area (Å²) in [4.78, 5) is 126. The molecule has 39 heteroatoms. The van der Waals surface area contributed by atoms with Crippen molar-refractivity contribution in [3.8, 4) is 0 Å². The molecule has 5 aromatic rings. The average molecular weight is 2100 g/mol. The van der Waals surface area contributed by atoms with E-state index in [4.69, 9.17) is 58.8 Å². The number of carbonyl (C=O) groups is 10. The van der Waals surface area contributed by atoms with Gasteiger partial charge in [-0.1, -0.05) is 136 Å². The van der Waals surface area contributed by atoms with E-state index in [1.54, 1.807) is 54.6 Å². The number of halogens is 1. The third-order valence-electron chi connectivity index (χ3n) is 28.8. The fourth-order valence-corrected chi connectivity index (χ4v) is 22.5. The molecule has 5 aromatic carbocycles. The van der Waals surface area contributed by atoms with E-state index in [2.05, 4.69) is 0 Å². The lowest BCUT2D eigenvalue weighted by Gasteiger charge is -2.42. The van der Waals surface area contributed by atoms with Gasteiger partial charge in [0.05, 0.1) is 76.3 Å². The Morgan fingerprint density at radius 3 is 1.13 bits per heavy atom. The third kappa shape index (κ3) is 31.9. The second kappa shape index (κ2) is 50.7. The predicted octanol–water partition coefficient (Wildman–Crippen LogP) is 17.0. The molecule has 2 heterocycles. The van der Waals surface area contributed by atoms with Gasteiger partial charge in [-0.25, -0.2) is 4.39 Å². The first-order chi connectivity index (χ1) is 66.7. The largest absolute Gasteiger partial charge is 0.459 e. The van der Waals surface area contributed by atoms with Crippen molar-refractivity contribution >= 4 is 109 Å². The van der Waals surface area contributed by atoms with Crippen LogP contribution in [0, 0.1) is 77.3 Å². The topological polar surface area (TPSA) is 461 Å². The molecule has 12 rings (SSSR count). The summed E-state index contributed by atoms with van der Waals surface area (Å²) in [5.74, 6) is -6.44. The Labute approximate surface area is 842 Å². The molecular formula is C104H143FO33S5. The molecule has 0 spiro atoms. The van der Waals surface area contributed by atoms with Crippen molar-refractivity contribution in [3.05, 3.63) is 150 Å². The van der Waals surface area contributed by atoms with Crippen LogP contribution >= 0.6 is 0 Å². The summed E-state index contributed by atoms with van der Waals surface area (Å²) < 4.78 is 208. The lowest BCUT2D eigenvalue weighted by molar-refractivity contribution is -0.221. The van der Waals surface area contributed by atoms with Gasteiger partial charge in [-0.3, -0.25) is 68.9 Å². The van der Waals surface area contributed by atoms with Gasteiger partial charge in [0.15, 0.2) is 10.8 Å². The Balaban J connectivity index is 0.000000219.